The lowest BCUT2D eigenvalue weighted by molar-refractivity contribution is 0.132. The van der Waals surface area contributed by atoms with Crippen molar-refractivity contribution in [1.29, 1.82) is 5.41 Å². The molecule has 4 N–H and O–H groups in total. The van der Waals surface area contributed by atoms with Crippen molar-refractivity contribution in [3.05, 3.63) is 0 Å². The zero-order chi connectivity index (χ0) is 11.1. The van der Waals surface area contributed by atoms with Gasteiger partial charge in [0.15, 0.2) is 0 Å². The summed E-state index contributed by atoms with van der Waals surface area (Å²) in [6.45, 7) is 6.44. The molecule has 0 aliphatic rings. The third-order valence-corrected chi connectivity index (χ3v) is 1.63. The van der Waals surface area contributed by atoms with Crippen LogP contribution in [-0.4, -0.2) is 25.1 Å². The molecule has 0 aliphatic heterocycles. The number of amides is 1. The normalized spacial score (nSPS) is 12.3. The van der Waals surface area contributed by atoms with Crippen LogP contribution in [0.25, 0.3) is 0 Å². The summed E-state index contributed by atoms with van der Waals surface area (Å²) < 4.78 is 4.87. The van der Waals surface area contributed by atoms with Crippen LogP contribution in [0, 0.1) is 17.2 Å². The minimum atomic E-state index is -0.452. The third-order valence-electron chi connectivity index (χ3n) is 1.63. The first-order valence-corrected chi connectivity index (χ1v) is 4.68. The van der Waals surface area contributed by atoms with E-state index in [2.05, 4.69) is 5.32 Å². The van der Waals surface area contributed by atoms with Crippen molar-refractivity contribution in [3.63, 3.8) is 0 Å². The molecule has 5 heteroatoms. The largest absolute Gasteiger partial charge is 0.449 e. The Balaban J connectivity index is 3.59. The van der Waals surface area contributed by atoms with Gasteiger partial charge in [0.1, 0.15) is 0 Å². The van der Waals surface area contributed by atoms with E-state index in [1.807, 2.05) is 13.8 Å². The van der Waals surface area contributed by atoms with Crippen LogP contribution >= 0.6 is 0 Å². The van der Waals surface area contributed by atoms with Gasteiger partial charge in [0.2, 0.25) is 0 Å². The van der Waals surface area contributed by atoms with Gasteiger partial charge in [-0.3, -0.25) is 5.41 Å². The smallest absolute Gasteiger partial charge is 0.407 e. The van der Waals surface area contributed by atoms with Crippen molar-refractivity contribution >= 4 is 11.9 Å². The van der Waals surface area contributed by atoms with Crippen molar-refractivity contribution in [2.45, 2.75) is 20.8 Å². The number of rotatable bonds is 5. The van der Waals surface area contributed by atoms with Crippen molar-refractivity contribution in [2.75, 3.05) is 13.2 Å². The van der Waals surface area contributed by atoms with Crippen LogP contribution in [0.15, 0.2) is 0 Å². The highest BCUT2D eigenvalue weighted by atomic mass is 16.5. The Bertz CT molecular complexity index is 204. The molecule has 0 bridgehead atoms. The van der Waals surface area contributed by atoms with Gasteiger partial charge in [0.05, 0.1) is 12.4 Å². The maximum Gasteiger partial charge on any atom is 0.407 e. The summed E-state index contributed by atoms with van der Waals surface area (Å²) in [5, 5.41) is 9.64. The maximum atomic E-state index is 11.0. The Hall–Kier alpha value is -1.26. The minimum Gasteiger partial charge on any atom is -0.449 e. The SMILES string of the molecule is CC(C)COC(=O)NCC(C)C(=N)N. The van der Waals surface area contributed by atoms with Gasteiger partial charge in [-0.25, -0.2) is 4.79 Å². The van der Waals surface area contributed by atoms with Gasteiger partial charge in [-0.15, -0.1) is 0 Å². The van der Waals surface area contributed by atoms with Crippen molar-refractivity contribution < 1.29 is 9.53 Å². The summed E-state index contributed by atoms with van der Waals surface area (Å²) in [6.07, 6.45) is -0.452. The molecule has 1 atom stereocenters. The van der Waals surface area contributed by atoms with Gasteiger partial charge in [-0.2, -0.15) is 0 Å². The number of hydrogen-bond acceptors (Lipinski definition) is 3. The predicted molar refractivity (Wildman–Crippen MR) is 55.3 cm³/mol. The molecule has 5 nitrogen and oxygen atoms in total. The first kappa shape index (κ1) is 12.7. The Morgan fingerprint density at radius 3 is 2.50 bits per heavy atom. The molecule has 1 amide bonds. The average molecular weight is 201 g/mol. The van der Waals surface area contributed by atoms with E-state index >= 15 is 0 Å². The molecule has 0 aliphatic carbocycles. The summed E-state index contributed by atoms with van der Waals surface area (Å²) in [7, 11) is 0. The Kier molecular flexibility index (Phi) is 5.67. The second-order valence-electron chi connectivity index (χ2n) is 3.73. The van der Waals surface area contributed by atoms with E-state index in [1.165, 1.54) is 0 Å². The molecule has 0 aromatic heterocycles. The monoisotopic (exact) mass is 201 g/mol. The molecular formula is C9H19N3O2. The first-order valence-electron chi connectivity index (χ1n) is 4.68. The molecule has 1 unspecified atom stereocenters. The highest BCUT2D eigenvalue weighted by Crippen LogP contribution is 1.94. The molecule has 0 radical (unpaired) electrons. The molecule has 82 valence electrons. The van der Waals surface area contributed by atoms with E-state index in [1.54, 1.807) is 6.92 Å². The van der Waals surface area contributed by atoms with E-state index in [-0.39, 0.29) is 11.8 Å². The molecule has 0 saturated heterocycles. The van der Waals surface area contributed by atoms with Gasteiger partial charge in [0.25, 0.3) is 0 Å². The molecular weight excluding hydrogens is 182 g/mol. The summed E-state index contributed by atoms with van der Waals surface area (Å²) >= 11 is 0. The van der Waals surface area contributed by atoms with E-state index in [9.17, 15) is 4.79 Å². The summed E-state index contributed by atoms with van der Waals surface area (Å²) in [5.41, 5.74) is 5.24. The van der Waals surface area contributed by atoms with Gasteiger partial charge in [-0.05, 0) is 5.92 Å². The number of amidine groups is 1. The zero-order valence-corrected chi connectivity index (χ0v) is 8.96. The van der Waals surface area contributed by atoms with Crippen LogP contribution in [0.2, 0.25) is 0 Å². The van der Waals surface area contributed by atoms with Gasteiger partial charge in [-0.1, -0.05) is 20.8 Å². The zero-order valence-electron chi connectivity index (χ0n) is 8.96. The Morgan fingerprint density at radius 2 is 2.07 bits per heavy atom. The van der Waals surface area contributed by atoms with E-state index in [0.29, 0.717) is 19.1 Å². The topological polar surface area (TPSA) is 88.2 Å². The molecule has 0 aromatic rings. The molecule has 0 heterocycles. The molecule has 0 rings (SSSR count). The molecule has 0 saturated carbocycles. The van der Waals surface area contributed by atoms with E-state index < -0.39 is 6.09 Å². The van der Waals surface area contributed by atoms with Crippen LogP contribution in [-0.2, 0) is 4.74 Å². The maximum absolute atomic E-state index is 11.0. The highest BCUT2D eigenvalue weighted by molar-refractivity contribution is 5.80. The fourth-order valence-corrected chi connectivity index (χ4v) is 0.640. The number of nitrogens with one attached hydrogen (secondary N) is 2. The second kappa shape index (κ2) is 6.23. The van der Waals surface area contributed by atoms with Crippen molar-refractivity contribution in [1.82, 2.24) is 5.32 Å². The first-order chi connectivity index (χ1) is 6.43. The summed E-state index contributed by atoms with van der Waals surface area (Å²) in [4.78, 5) is 11.0. The number of carbonyl (C=O) groups is 1. The highest BCUT2D eigenvalue weighted by Gasteiger charge is 2.08. The van der Waals surface area contributed by atoms with Crippen LogP contribution in [0.5, 0.6) is 0 Å². The fourth-order valence-electron chi connectivity index (χ4n) is 0.640. The standard InChI is InChI=1S/C9H19N3O2/c1-6(2)5-14-9(13)12-4-7(3)8(10)11/h6-7H,4-5H2,1-3H3,(H3,10,11)(H,12,13). The van der Waals surface area contributed by atoms with Crippen LogP contribution in [0.1, 0.15) is 20.8 Å². The average Bonchev–Trinajstić information content (AvgIpc) is 2.10. The predicted octanol–water partition coefficient (Wildman–Crippen LogP) is 0.941. The lowest BCUT2D eigenvalue weighted by Crippen LogP contribution is -2.34. The van der Waals surface area contributed by atoms with Crippen molar-refractivity contribution in [2.24, 2.45) is 17.6 Å². The number of ether oxygens (including phenoxy) is 1. The fraction of sp³-hybridized carbons (Fsp3) is 0.778. The molecule has 0 aromatic carbocycles. The second-order valence-corrected chi connectivity index (χ2v) is 3.73. The molecule has 0 spiro atoms. The number of hydrogen-bond donors (Lipinski definition) is 3. The van der Waals surface area contributed by atoms with Gasteiger partial charge in [0, 0.05) is 12.5 Å². The van der Waals surface area contributed by atoms with Crippen LogP contribution in [0.4, 0.5) is 4.79 Å². The summed E-state index contributed by atoms with van der Waals surface area (Å²) in [6, 6.07) is 0. The third kappa shape index (κ3) is 6.28. The van der Waals surface area contributed by atoms with Crippen LogP contribution in [0.3, 0.4) is 0 Å². The van der Waals surface area contributed by atoms with Crippen LogP contribution < -0.4 is 11.1 Å². The lowest BCUT2D eigenvalue weighted by atomic mass is 10.2. The molecule has 0 fully saturated rings. The number of carbonyl (C=O) groups excluding carboxylic acids is 1. The lowest BCUT2D eigenvalue weighted by Gasteiger charge is -2.12. The Labute approximate surface area is 84.5 Å². The molecule has 14 heavy (non-hydrogen) atoms. The minimum absolute atomic E-state index is 0.0640. The van der Waals surface area contributed by atoms with E-state index in [4.69, 9.17) is 15.9 Å². The number of nitrogens with two attached hydrogens (primary N) is 1. The van der Waals surface area contributed by atoms with E-state index in [0.717, 1.165) is 0 Å². The Morgan fingerprint density at radius 1 is 1.50 bits per heavy atom. The summed E-state index contributed by atoms with van der Waals surface area (Å²) in [5.74, 6) is 0.238. The number of alkyl carbamates (subject to hydrolysis) is 1. The van der Waals surface area contributed by atoms with Gasteiger partial charge >= 0.3 is 6.09 Å². The van der Waals surface area contributed by atoms with Crippen molar-refractivity contribution in [3.8, 4) is 0 Å². The quantitative estimate of drug-likeness (QED) is 0.457. The van der Waals surface area contributed by atoms with Gasteiger partial charge < -0.3 is 15.8 Å².